The number of hydrogen-bond donors (Lipinski definition) is 0. The smallest absolute Gasteiger partial charge is 0.0989 e. The normalized spacial score (nSPS) is 52.9. The summed E-state index contributed by atoms with van der Waals surface area (Å²) in [7, 11) is 0. The number of fused-ring (bicyclic) bond motifs is 1. The number of ether oxygens (including phenoxy) is 1. The molecule has 1 aliphatic carbocycles. The van der Waals surface area contributed by atoms with Crippen LogP contribution < -0.4 is 0 Å². The van der Waals surface area contributed by atoms with Crippen molar-refractivity contribution in [2.75, 3.05) is 0 Å². The van der Waals surface area contributed by atoms with Gasteiger partial charge in [-0.2, -0.15) is 0 Å². The molecular weight excluding hydrogens is 104 g/mol. The van der Waals surface area contributed by atoms with Crippen LogP contribution in [0.4, 0.5) is 0 Å². The standard InChI is InChI=1S/C6H8O2/c7-4-1-2-5-6(3-4)8-5/h3-6H,1-2H2. The Morgan fingerprint density at radius 3 is 3.00 bits per heavy atom. The summed E-state index contributed by atoms with van der Waals surface area (Å²) in [6.45, 7) is 0. The maximum atomic E-state index is 10.6. The summed E-state index contributed by atoms with van der Waals surface area (Å²) < 4.78 is 5.09. The minimum atomic E-state index is -0.446. The van der Waals surface area contributed by atoms with Crippen molar-refractivity contribution >= 4 is 0 Å². The molecule has 1 saturated heterocycles. The number of rotatable bonds is 0. The quantitative estimate of drug-likeness (QED) is 0.421. The average Bonchev–Trinajstić information content (AvgIpc) is 2.43. The second-order valence-electron chi connectivity index (χ2n) is 2.45. The van der Waals surface area contributed by atoms with Gasteiger partial charge in [0, 0.05) is 6.42 Å². The molecule has 2 rings (SSSR count). The van der Waals surface area contributed by atoms with E-state index in [9.17, 15) is 5.11 Å². The molecule has 3 atom stereocenters. The fraction of sp³-hybridized carbons (Fsp3) is 0.833. The lowest BCUT2D eigenvalue weighted by Crippen LogP contribution is -2.16. The van der Waals surface area contributed by atoms with Crippen LogP contribution in [-0.4, -0.2) is 18.3 Å². The van der Waals surface area contributed by atoms with E-state index in [2.05, 4.69) is 0 Å². The molecule has 1 heterocycles. The molecule has 0 aromatic heterocycles. The van der Waals surface area contributed by atoms with E-state index in [0.29, 0.717) is 6.10 Å². The van der Waals surface area contributed by atoms with Gasteiger partial charge >= 0.3 is 0 Å². The van der Waals surface area contributed by atoms with Gasteiger partial charge in [0.2, 0.25) is 0 Å². The van der Waals surface area contributed by atoms with Gasteiger partial charge in [0.1, 0.15) is 0 Å². The van der Waals surface area contributed by atoms with E-state index in [-0.39, 0.29) is 6.10 Å². The van der Waals surface area contributed by atoms with E-state index < -0.39 is 6.10 Å². The SMILES string of the molecule is [O]C1[CH]C2OC2CC1. The Balaban J connectivity index is 1.93. The number of hydrogen-bond acceptors (Lipinski definition) is 1. The predicted molar refractivity (Wildman–Crippen MR) is 26.7 cm³/mol. The minimum absolute atomic E-state index is 0.242. The van der Waals surface area contributed by atoms with Gasteiger partial charge in [-0.05, 0) is 12.8 Å². The molecule has 0 spiro atoms. The second kappa shape index (κ2) is 1.45. The van der Waals surface area contributed by atoms with E-state index in [1.54, 1.807) is 6.42 Å². The van der Waals surface area contributed by atoms with Crippen LogP contribution in [0.15, 0.2) is 0 Å². The molecule has 0 aromatic rings. The molecule has 2 radical (unpaired) electrons. The van der Waals surface area contributed by atoms with Crippen LogP contribution in [0.3, 0.4) is 0 Å². The first kappa shape index (κ1) is 4.77. The minimum Gasteiger partial charge on any atom is -0.369 e. The Bertz CT molecular complexity index is 103. The van der Waals surface area contributed by atoms with Crippen molar-refractivity contribution in [3.8, 4) is 0 Å². The first-order valence-electron chi connectivity index (χ1n) is 3.02. The van der Waals surface area contributed by atoms with Gasteiger partial charge < -0.3 is 4.74 Å². The van der Waals surface area contributed by atoms with Gasteiger partial charge in [0.15, 0.2) is 0 Å². The Hall–Kier alpha value is -0.0800. The van der Waals surface area contributed by atoms with Crippen molar-refractivity contribution in [1.82, 2.24) is 0 Å². The largest absolute Gasteiger partial charge is 0.369 e. The Kier molecular flexibility index (Phi) is 0.866. The average molecular weight is 112 g/mol. The summed E-state index contributed by atoms with van der Waals surface area (Å²) in [6.07, 6.45) is 3.76. The molecule has 2 heteroatoms. The van der Waals surface area contributed by atoms with E-state index in [4.69, 9.17) is 4.74 Å². The van der Waals surface area contributed by atoms with E-state index >= 15 is 0 Å². The highest BCUT2D eigenvalue weighted by Gasteiger charge is 2.44. The van der Waals surface area contributed by atoms with E-state index in [1.165, 1.54) is 0 Å². The van der Waals surface area contributed by atoms with Gasteiger partial charge in [-0.3, -0.25) is 0 Å². The zero-order valence-corrected chi connectivity index (χ0v) is 4.54. The maximum absolute atomic E-state index is 10.6. The highest BCUT2D eigenvalue weighted by Crippen LogP contribution is 2.35. The topological polar surface area (TPSA) is 32.4 Å². The molecule has 0 bridgehead atoms. The zero-order chi connectivity index (χ0) is 5.56. The molecule has 1 saturated carbocycles. The first-order chi connectivity index (χ1) is 3.86. The van der Waals surface area contributed by atoms with Crippen LogP contribution in [-0.2, 0) is 9.84 Å². The van der Waals surface area contributed by atoms with Crippen LogP contribution in [0.25, 0.3) is 0 Å². The van der Waals surface area contributed by atoms with Gasteiger partial charge in [0.25, 0.3) is 0 Å². The van der Waals surface area contributed by atoms with Crippen LogP contribution in [0, 0.1) is 6.42 Å². The van der Waals surface area contributed by atoms with Gasteiger partial charge in [-0.15, -0.1) is 0 Å². The van der Waals surface area contributed by atoms with Crippen LogP contribution in [0.2, 0.25) is 0 Å². The second-order valence-corrected chi connectivity index (χ2v) is 2.45. The first-order valence-corrected chi connectivity index (χ1v) is 3.02. The molecule has 8 heavy (non-hydrogen) atoms. The highest BCUT2D eigenvalue weighted by atomic mass is 16.6. The molecule has 44 valence electrons. The van der Waals surface area contributed by atoms with Crippen LogP contribution in [0.5, 0.6) is 0 Å². The van der Waals surface area contributed by atoms with Crippen molar-refractivity contribution in [2.45, 2.75) is 31.2 Å². The third-order valence-electron chi connectivity index (χ3n) is 1.76. The predicted octanol–water partition coefficient (Wildman–Crippen LogP) is 0.551. The summed E-state index contributed by atoms with van der Waals surface area (Å²) in [5, 5.41) is 10.6. The lowest BCUT2D eigenvalue weighted by atomic mass is 9.98. The fourth-order valence-electron chi connectivity index (χ4n) is 1.19. The van der Waals surface area contributed by atoms with Gasteiger partial charge in [-0.25, -0.2) is 5.11 Å². The molecule has 1 aliphatic heterocycles. The fourth-order valence-corrected chi connectivity index (χ4v) is 1.19. The monoisotopic (exact) mass is 112 g/mol. The molecule has 0 N–H and O–H groups in total. The lowest BCUT2D eigenvalue weighted by molar-refractivity contribution is 0.0982. The summed E-state index contributed by atoms with van der Waals surface area (Å²) in [5.74, 6) is 0. The summed E-state index contributed by atoms with van der Waals surface area (Å²) in [5.41, 5.74) is 0. The van der Waals surface area contributed by atoms with Crippen molar-refractivity contribution < 1.29 is 9.84 Å². The van der Waals surface area contributed by atoms with Gasteiger partial charge in [0.05, 0.1) is 18.3 Å². The Morgan fingerprint density at radius 2 is 2.38 bits per heavy atom. The van der Waals surface area contributed by atoms with E-state index in [1.807, 2.05) is 0 Å². The zero-order valence-electron chi connectivity index (χ0n) is 4.54. The molecular formula is C6H8O2. The van der Waals surface area contributed by atoms with Crippen molar-refractivity contribution in [3.05, 3.63) is 6.42 Å². The molecule has 0 aromatic carbocycles. The molecule has 0 amide bonds. The third-order valence-corrected chi connectivity index (χ3v) is 1.76. The van der Waals surface area contributed by atoms with Crippen molar-refractivity contribution in [3.63, 3.8) is 0 Å². The van der Waals surface area contributed by atoms with Crippen molar-refractivity contribution in [2.24, 2.45) is 0 Å². The van der Waals surface area contributed by atoms with Crippen LogP contribution >= 0.6 is 0 Å². The van der Waals surface area contributed by atoms with Crippen molar-refractivity contribution in [1.29, 1.82) is 0 Å². The highest BCUT2D eigenvalue weighted by molar-refractivity contribution is 5.03. The Labute approximate surface area is 48.5 Å². The van der Waals surface area contributed by atoms with Gasteiger partial charge in [-0.1, -0.05) is 0 Å². The molecule has 2 fully saturated rings. The summed E-state index contributed by atoms with van der Waals surface area (Å²) in [6, 6.07) is 0. The lowest BCUT2D eigenvalue weighted by Gasteiger charge is -2.07. The third kappa shape index (κ3) is 0.644. The maximum Gasteiger partial charge on any atom is 0.0989 e. The van der Waals surface area contributed by atoms with Crippen LogP contribution in [0.1, 0.15) is 12.8 Å². The van der Waals surface area contributed by atoms with E-state index in [0.717, 1.165) is 12.8 Å². The summed E-state index contributed by atoms with van der Waals surface area (Å²) >= 11 is 0. The molecule has 3 unspecified atom stereocenters. The molecule has 2 aliphatic rings. The summed E-state index contributed by atoms with van der Waals surface area (Å²) in [4.78, 5) is 0. The number of epoxide rings is 1. The Morgan fingerprint density at radius 1 is 1.50 bits per heavy atom. The molecule has 2 nitrogen and oxygen atoms in total.